The van der Waals surface area contributed by atoms with Gasteiger partial charge in [0.05, 0.1) is 11.0 Å². The maximum Gasteiger partial charge on any atom is 0.132 e. The van der Waals surface area contributed by atoms with E-state index in [1.54, 1.807) is 12.4 Å². The molecule has 33 heavy (non-hydrogen) atoms. The molecule has 3 rings (SSSR count). The zero-order valence-corrected chi connectivity index (χ0v) is 19.7. The summed E-state index contributed by atoms with van der Waals surface area (Å²) in [5.41, 5.74) is 17.7. The van der Waals surface area contributed by atoms with Crippen molar-refractivity contribution in [2.45, 2.75) is 27.2 Å². The Morgan fingerprint density at radius 3 is 2.70 bits per heavy atom. The van der Waals surface area contributed by atoms with Crippen LogP contribution in [0.4, 0.5) is 5.82 Å². The molecule has 1 atom stereocenters. The first-order chi connectivity index (χ1) is 15.8. The summed E-state index contributed by atoms with van der Waals surface area (Å²) in [6.45, 7) is 6.18. The van der Waals surface area contributed by atoms with Crippen LogP contribution in [0.25, 0.3) is 16.6 Å². The number of fused-ring (bicyclic) bond motifs is 1. The molecule has 7 heteroatoms. The van der Waals surface area contributed by atoms with Gasteiger partial charge in [0, 0.05) is 42.2 Å². The average Bonchev–Trinajstić information content (AvgIpc) is 2.80. The third kappa shape index (κ3) is 5.88. The largest absolute Gasteiger partial charge is 0.404 e. The normalized spacial score (nSPS) is 17.3. The molecule has 0 aliphatic heterocycles. The van der Waals surface area contributed by atoms with Crippen molar-refractivity contribution >= 4 is 28.1 Å². The minimum absolute atomic E-state index is 0.0284. The molecule has 0 bridgehead atoms. The molecule has 7 nitrogen and oxygen atoms in total. The molecule has 2 aromatic heterocycles. The Kier molecular flexibility index (Phi) is 7.66. The topological polar surface area (TPSA) is 126 Å². The Hall–Kier alpha value is -3.87. The van der Waals surface area contributed by atoms with E-state index in [1.807, 2.05) is 37.5 Å². The molecule has 1 aliphatic carbocycles. The van der Waals surface area contributed by atoms with E-state index >= 15 is 0 Å². The van der Waals surface area contributed by atoms with Gasteiger partial charge in [-0.3, -0.25) is 4.98 Å². The molecule has 0 amide bonds. The van der Waals surface area contributed by atoms with Gasteiger partial charge in [-0.25, -0.2) is 4.98 Å². The van der Waals surface area contributed by atoms with Crippen LogP contribution in [0.15, 0.2) is 78.1 Å². The summed E-state index contributed by atoms with van der Waals surface area (Å²) < 4.78 is 0. The number of rotatable bonds is 8. The first-order valence-electron chi connectivity index (χ1n) is 11.1. The van der Waals surface area contributed by atoms with Crippen molar-refractivity contribution in [3.63, 3.8) is 0 Å². The van der Waals surface area contributed by atoms with Gasteiger partial charge in [-0.2, -0.15) is 0 Å². The van der Waals surface area contributed by atoms with Crippen LogP contribution < -0.4 is 22.1 Å². The quantitative estimate of drug-likeness (QED) is 0.303. The summed E-state index contributed by atoms with van der Waals surface area (Å²) >= 11 is 0. The number of hydrogen-bond acceptors (Lipinski definition) is 7. The second kappa shape index (κ2) is 10.6. The molecule has 0 saturated carbocycles. The van der Waals surface area contributed by atoms with Gasteiger partial charge in [-0.1, -0.05) is 37.6 Å². The van der Waals surface area contributed by atoms with Gasteiger partial charge >= 0.3 is 0 Å². The van der Waals surface area contributed by atoms with Crippen LogP contribution >= 0.6 is 0 Å². The third-order valence-electron chi connectivity index (χ3n) is 5.54. The maximum absolute atomic E-state index is 8.82. The van der Waals surface area contributed by atoms with Gasteiger partial charge in [-0.15, -0.1) is 0 Å². The van der Waals surface area contributed by atoms with Gasteiger partial charge in [-0.05, 0) is 55.3 Å². The van der Waals surface area contributed by atoms with Gasteiger partial charge in [0.2, 0.25) is 0 Å². The summed E-state index contributed by atoms with van der Waals surface area (Å²) in [4.78, 5) is 9.26. The summed E-state index contributed by atoms with van der Waals surface area (Å²) in [6.07, 6.45) is 14.2. The van der Waals surface area contributed by atoms with E-state index in [4.69, 9.17) is 21.9 Å². The van der Waals surface area contributed by atoms with Crippen LogP contribution in [0.1, 0.15) is 32.8 Å². The zero-order valence-electron chi connectivity index (χ0n) is 19.7. The highest BCUT2D eigenvalue weighted by atomic mass is 15.1. The monoisotopic (exact) mass is 443 g/mol. The lowest BCUT2D eigenvalue weighted by molar-refractivity contribution is 0.786. The lowest BCUT2D eigenvalue weighted by Gasteiger charge is -2.19. The van der Waals surface area contributed by atoms with E-state index in [-0.39, 0.29) is 11.8 Å². The fraction of sp³-hybridized carbons (Fsp3) is 0.269. The molecular formula is C26H33N7. The second-order valence-corrected chi connectivity index (χ2v) is 8.41. The molecule has 0 fully saturated rings. The number of nitrogens with one attached hydrogen (secondary N) is 3. The number of nitrogens with zero attached hydrogens (tertiary/aromatic N) is 2. The first kappa shape index (κ1) is 23.8. The molecule has 1 unspecified atom stereocenters. The van der Waals surface area contributed by atoms with Gasteiger partial charge < -0.3 is 27.5 Å². The Bertz CT molecular complexity index is 1180. The van der Waals surface area contributed by atoms with Crippen LogP contribution in [-0.4, -0.2) is 22.7 Å². The smallest absolute Gasteiger partial charge is 0.132 e. The number of anilines is 1. The van der Waals surface area contributed by atoms with Crippen LogP contribution in [0.2, 0.25) is 0 Å². The standard InChI is InChI=1S/C26H33N7/c1-16(2)19(13-27)12-24(28)33-25-10-9-22-23(32-25)11-20(14-31-22)21(15-30-4)26(29)18-7-5-17(3)6-8-18/h5-7,9-16,18,29-30H,8,27-28H2,1-4H3,(H,32,33)/b19-13+,21-15-,24-12+,29-26?. The van der Waals surface area contributed by atoms with Gasteiger partial charge in [0.1, 0.15) is 11.6 Å². The lowest BCUT2D eigenvalue weighted by Crippen LogP contribution is -2.16. The Morgan fingerprint density at radius 1 is 1.27 bits per heavy atom. The van der Waals surface area contributed by atoms with Crippen molar-refractivity contribution in [1.29, 1.82) is 5.41 Å². The number of allylic oxidation sites excluding steroid dienone is 7. The van der Waals surface area contributed by atoms with Crippen LogP contribution in [0.3, 0.4) is 0 Å². The highest BCUT2D eigenvalue weighted by Crippen LogP contribution is 2.27. The molecule has 172 valence electrons. The van der Waals surface area contributed by atoms with E-state index in [1.165, 1.54) is 5.57 Å². The molecule has 0 saturated heterocycles. The van der Waals surface area contributed by atoms with Crippen molar-refractivity contribution in [3.8, 4) is 0 Å². The molecule has 2 aromatic rings. The number of nitrogens with two attached hydrogens (primary N) is 2. The van der Waals surface area contributed by atoms with Gasteiger partial charge in [0.25, 0.3) is 0 Å². The van der Waals surface area contributed by atoms with E-state index in [9.17, 15) is 0 Å². The van der Waals surface area contributed by atoms with Crippen molar-refractivity contribution in [1.82, 2.24) is 15.3 Å². The molecule has 1 aliphatic rings. The van der Waals surface area contributed by atoms with Crippen LogP contribution in [-0.2, 0) is 0 Å². The SMILES string of the molecule is CN/C=C(\C(=N)C1C=CC(C)=CC1)c1cnc2ccc(N/C(N)=C/C(=C\N)C(C)C)nc2c1. The Balaban J connectivity index is 1.90. The second-order valence-electron chi connectivity index (χ2n) is 8.41. The summed E-state index contributed by atoms with van der Waals surface area (Å²) in [7, 11) is 1.83. The van der Waals surface area contributed by atoms with Crippen molar-refractivity contribution in [3.05, 3.63) is 83.6 Å². The predicted molar refractivity (Wildman–Crippen MR) is 138 cm³/mol. The highest BCUT2D eigenvalue weighted by molar-refractivity contribution is 6.24. The summed E-state index contributed by atoms with van der Waals surface area (Å²) in [6, 6.07) is 5.69. The van der Waals surface area contributed by atoms with Crippen molar-refractivity contribution < 1.29 is 0 Å². The molecule has 7 N–H and O–H groups in total. The van der Waals surface area contributed by atoms with Crippen LogP contribution in [0, 0.1) is 17.2 Å². The van der Waals surface area contributed by atoms with Gasteiger partial charge in [0.15, 0.2) is 0 Å². The van der Waals surface area contributed by atoms with Crippen molar-refractivity contribution in [2.24, 2.45) is 23.3 Å². The Labute approximate surface area is 195 Å². The van der Waals surface area contributed by atoms with Crippen molar-refractivity contribution in [2.75, 3.05) is 12.4 Å². The number of aromatic nitrogens is 2. The molecule has 2 heterocycles. The van der Waals surface area contributed by atoms with E-state index in [0.29, 0.717) is 22.9 Å². The van der Waals surface area contributed by atoms with Crippen LogP contribution in [0.5, 0.6) is 0 Å². The summed E-state index contributed by atoms with van der Waals surface area (Å²) in [5, 5.41) is 15.0. The van der Waals surface area contributed by atoms with E-state index in [0.717, 1.165) is 28.6 Å². The maximum atomic E-state index is 8.82. The molecular weight excluding hydrogens is 410 g/mol. The minimum Gasteiger partial charge on any atom is -0.404 e. The summed E-state index contributed by atoms with van der Waals surface area (Å²) in [5.74, 6) is 1.36. The first-order valence-corrected chi connectivity index (χ1v) is 11.1. The molecule has 0 radical (unpaired) electrons. The Morgan fingerprint density at radius 2 is 2.06 bits per heavy atom. The highest BCUT2D eigenvalue weighted by Gasteiger charge is 2.19. The lowest BCUT2D eigenvalue weighted by atomic mass is 9.87. The molecule has 0 aromatic carbocycles. The van der Waals surface area contributed by atoms with E-state index < -0.39 is 0 Å². The fourth-order valence-corrected chi connectivity index (χ4v) is 3.60. The number of hydrogen-bond donors (Lipinski definition) is 5. The minimum atomic E-state index is 0.0284. The average molecular weight is 444 g/mol. The number of pyridine rings is 2. The predicted octanol–water partition coefficient (Wildman–Crippen LogP) is 4.44. The third-order valence-corrected chi connectivity index (χ3v) is 5.54. The van der Waals surface area contributed by atoms with E-state index in [2.05, 4.69) is 54.6 Å². The molecule has 0 spiro atoms. The zero-order chi connectivity index (χ0) is 24.0. The fourth-order valence-electron chi connectivity index (χ4n) is 3.60.